The molecule has 0 aliphatic carbocycles. The van der Waals surface area contributed by atoms with Crippen LogP contribution in [0.1, 0.15) is 28.5 Å². The summed E-state index contributed by atoms with van der Waals surface area (Å²) in [6.45, 7) is 6.03. The summed E-state index contributed by atoms with van der Waals surface area (Å²) in [6.07, 6.45) is 1.64. The SMILES string of the molecule is Cc1nc(C)c(C(C)Nc2cnn(C)c(=O)c2Br)s1. The van der Waals surface area contributed by atoms with Crippen LogP contribution in [-0.4, -0.2) is 14.8 Å². The average Bonchev–Trinajstić information content (AvgIpc) is 2.69. The standard InChI is InChI=1S/C12H15BrN4OS/c1-6-11(19-8(3)15-6)7(2)16-9-5-14-17(4)12(18)10(9)13/h5,7,16H,1-4H3. The molecule has 5 nitrogen and oxygen atoms in total. The van der Waals surface area contributed by atoms with E-state index in [1.54, 1.807) is 24.6 Å². The fourth-order valence-corrected chi connectivity index (χ4v) is 3.26. The van der Waals surface area contributed by atoms with Gasteiger partial charge in [-0.3, -0.25) is 4.79 Å². The number of nitrogens with zero attached hydrogens (tertiary/aromatic N) is 3. The molecule has 0 fully saturated rings. The van der Waals surface area contributed by atoms with Crippen LogP contribution in [0.4, 0.5) is 5.69 Å². The second-order valence-electron chi connectivity index (χ2n) is 4.35. The maximum atomic E-state index is 11.8. The maximum Gasteiger partial charge on any atom is 0.282 e. The van der Waals surface area contributed by atoms with Gasteiger partial charge in [0.15, 0.2) is 0 Å². The molecule has 19 heavy (non-hydrogen) atoms. The van der Waals surface area contributed by atoms with E-state index in [0.29, 0.717) is 10.2 Å². The fourth-order valence-electron chi connectivity index (χ4n) is 1.86. The van der Waals surface area contributed by atoms with Gasteiger partial charge in [0.2, 0.25) is 0 Å². The highest BCUT2D eigenvalue weighted by molar-refractivity contribution is 9.10. The van der Waals surface area contributed by atoms with Gasteiger partial charge < -0.3 is 5.32 Å². The second-order valence-corrected chi connectivity index (χ2v) is 6.38. The minimum Gasteiger partial charge on any atom is -0.375 e. The van der Waals surface area contributed by atoms with E-state index in [2.05, 4.69) is 31.3 Å². The smallest absolute Gasteiger partial charge is 0.282 e. The minimum atomic E-state index is -0.158. The zero-order valence-electron chi connectivity index (χ0n) is 11.2. The number of hydrogen-bond acceptors (Lipinski definition) is 5. The Labute approximate surface area is 123 Å². The monoisotopic (exact) mass is 342 g/mol. The number of thiazole rings is 1. The van der Waals surface area contributed by atoms with Crippen LogP contribution < -0.4 is 10.9 Å². The van der Waals surface area contributed by atoms with Crippen molar-refractivity contribution in [2.75, 3.05) is 5.32 Å². The van der Waals surface area contributed by atoms with Crippen molar-refractivity contribution in [3.63, 3.8) is 0 Å². The van der Waals surface area contributed by atoms with Crippen LogP contribution >= 0.6 is 27.3 Å². The molecule has 1 atom stereocenters. The lowest BCUT2D eigenvalue weighted by Crippen LogP contribution is -2.22. The Balaban J connectivity index is 2.29. The number of anilines is 1. The predicted molar refractivity (Wildman–Crippen MR) is 80.8 cm³/mol. The maximum absolute atomic E-state index is 11.8. The van der Waals surface area contributed by atoms with Crippen molar-refractivity contribution in [1.29, 1.82) is 0 Å². The van der Waals surface area contributed by atoms with Crippen LogP contribution in [-0.2, 0) is 7.05 Å². The third-order valence-electron chi connectivity index (χ3n) is 2.78. The van der Waals surface area contributed by atoms with Crippen molar-refractivity contribution in [3.8, 4) is 0 Å². The normalized spacial score (nSPS) is 12.5. The summed E-state index contributed by atoms with van der Waals surface area (Å²) >= 11 is 4.97. The number of aromatic nitrogens is 3. The van der Waals surface area contributed by atoms with Gasteiger partial charge in [-0.2, -0.15) is 5.10 Å². The van der Waals surface area contributed by atoms with E-state index < -0.39 is 0 Å². The van der Waals surface area contributed by atoms with Gasteiger partial charge in [0.05, 0.1) is 28.6 Å². The molecule has 102 valence electrons. The molecule has 1 unspecified atom stereocenters. The van der Waals surface area contributed by atoms with E-state index in [1.807, 2.05) is 20.8 Å². The van der Waals surface area contributed by atoms with Crippen molar-refractivity contribution in [2.24, 2.45) is 7.05 Å². The van der Waals surface area contributed by atoms with Crippen LogP contribution in [0, 0.1) is 13.8 Å². The van der Waals surface area contributed by atoms with Crippen LogP contribution in [0.5, 0.6) is 0 Å². The van der Waals surface area contributed by atoms with Gasteiger partial charge in [-0.25, -0.2) is 9.67 Å². The molecule has 0 aliphatic rings. The van der Waals surface area contributed by atoms with Crippen molar-refractivity contribution < 1.29 is 0 Å². The van der Waals surface area contributed by atoms with Gasteiger partial charge in [-0.15, -0.1) is 11.3 Å². The van der Waals surface area contributed by atoms with Crippen molar-refractivity contribution >= 4 is 33.0 Å². The minimum absolute atomic E-state index is 0.0800. The highest BCUT2D eigenvalue weighted by Gasteiger charge is 2.15. The molecule has 0 saturated carbocycles. The molecule has 2 rings (SSSR count). The van der Waals surface area contributed by atoms with Gasteiger partial charge in [0, 0.05) is 11.9 Å². The second kappa shape index (κ2) is 5.42. The third kappa shape index (κ3) is 2.87. The molecule has 2 aromatic rings. The van der Waals surface area contributed by atoms with Gasteiger partial charge in [0.25, 0.3) is 5.56 Å². The molecule has 0 saturated heterocycles. The van der Waals surface area contributed by atoms with Gasteiger partial charge in [-0.1, -0.05) is 0 Å². The lowest BCUT2D eigenvalue weighted by atomic mass is 10.2. The van der Waals surface area contributed by atoms with Gasteiger partial charge >= 0.3 is 0 Å². The van der Waals surface area contributed by atoms with E-state index in [0.717, 1.165) is 10.7 Å². The first kappa shape index (κ1) is 14.2. The van der Waals surface area contributed by atoms with E-state index in [-0.39, 0.29) is 11.6 Å². The van der Waals surface area contributed by atoms with Crippen molar-refractivity contribution in [1.82, 2.24) is 14.8 Å². The first-order chi connectivity index (χ1) is 8.90. The van der Waals surface area contributed by atoms with Crippen molar-refractivity contribution in [2.45, 2.75) is 26.8 Å². The molecule has 0 aromatic carbocycles. The number of nitrogens with one attached hydrogen (secondary N) is 1. The molecule has 0 aliphatic heterocycles. The zero-order chi connectivity index (χ0) is 14.2. The van der Waals surface area contributed by atoms with Crippen molar-refractivity contribution in [3.05, 3.63) is 36.6 Å². The first-order valence-electron chi connectivity index (χ1n) is 5.82. The molecule has 0 bridgehead atoms. The Hall–Kier alpha value is -1.21. The summed E-state index contributed by atoms with van der Waals surface area (Å²) in [6, 6.07) is 0.0800. The number of aryl methyl sites for hydroxylation is 3. The Morgan fingerprint density at radius 1 is 1.47 bits per heavy atom. The summed E-state index contributed by atoms with van der Waals surface area (Å²) in [5.41, 5.74) is 1.56. The van der Waals surface area contributed by atoms with Crippen LogP contribution in [0.2, 0.25) is 0 Å². The molecule has 1 N–H and O–H groups in total. The molecule has 2 aromatic heterocycles. The Morgan fingerprint density at radius 3 is 2.74 bits per heavy atom. The third-order valence-corrected chi connectivity index (χ3v) is 4.80. The molecular formula is C12H15BrN4OS. The molecule has 7 heteroatoms. The van der Waals surface area contributed by atoms with Crippen LogP contribution in [0.25, 0.3) is 0 Å². The largest absolute Gasteiger partial charge is 0.375 e. The summed E-state index contributed by atoms with van der Waals surface area (Å²) in [5.74, 6) is 0. The Morgan fingerprint density at radius 2 is 2.16 bits per heavy atom. The first-order valence-corrected chi connectivity index (χ1v) is 7.43. The summed E-state index contributed by atoms with van der Waals surface area (Å²) < 4.78 is 1.79. The van der Waals surface area contributed by atoms with Crippen LogP contribution in [0.15, 0.2) is 15.5 Å². The lowest BCUT2D eigenvalue weighted by molar-refractivity contribution is 0.701. The highest BCUT2D eigenvalue weighted by Crippen LogP contribution is 2.28. The average molecular weight is 343 g/mol. The summed E-state index contributed by atoms with van der Waals surface area (Å²) in [5, 5.41) is 8.35. The quantitative estimate of drug-likeness (QED) is 0.931. The molecule has 0 radical (unpaired) electrons. The molecule has 0 spiro atoms. The topological polar surface area (TPSA) is 59.8 Å². The summed E-state index contributed by atoms with van der Waals surface area (Å²) in [7, 11) is 1.62. The number of hydrogen-bond donors (Lipinski definition) is 1. The van der Waals surface area contributed by atoms with Gasteiger partial charge in [0.1, 0.15) is 4.47 Å². The fraction of sp³-hybridized carbons (Fsp3) is 0.417. The highest BCUT2D eigenvalue weighted by atomic mass is 79.9. The zero-order valence-corrected chi connectivity index (χ0v) is 13.6. The Kier molecular flexibility index (Phi) is 4.05. The van der Waals surface area contributed by atoms with E-state index >= 15 is 0 Å². The van der Waals surface area contributed by atoms with Gasteiger partial charge in [-0.05, 0) is 36.7 Å². The summed E-state index contributed by atoms with van der Waals surface area (Å²) in [4.78, 5) is 17.4. The van der Waals surface area contributed by atoms with E-state index in [9.17, 15) is 4.79 Å². The Bertz CT molecular complexity index is 664. The number of halogens is 1. The molecule has 0 amide bonds. The molecule has 2 heterocycles. The molecular weight excluding hydrogens is 328 g/mol. The van der Waals surface area contributed by atoms with E-state index in [1.165, 1.54) is 9.56 Å². The van der Waals surface area contributed by atoms with E-state index in [4.69, 9.17) is 0 Å². The van der Waals surface area contributed by atoms with Crippen LogP contribution in [0.3, 0.4) is 0 Å². The number of rotatable bonds is 3. The lowest BCUT2D eigenvalue weighted by Gasteiger charge is -2.15. The predicted octanol–water partition coefficient (Wildman–Crippen LogP) is 2.79.